The van der Waals surface area contributed by atoms with Gasteiger partial charge in [-0.05, 0) is 74.6 Å². The third-order valence-corrected chi connectivity index (χ3v) is 4.05. The molecule has 0 heterocycles. The predicted molar refractivity (Wildman–Crippen MR) is 101 cm³/mol. The summed E-state index contributed by atoms with van der Waals surface area (Å²) in [4.78, 5) is 12.9. The van der Waals surface area contributed by atoms with Crippen LogP contribution in [-0.4, -0.2) is 10.9 Å². The summed E-state index contributed by atoms with van der Waals surface area (Å²) in [5.41, 5.74) is 1.02. The van der Waals surface area contributed by atoms with Gasteiger partial charge in [-0.15, -0.1) is 0 Å². The molecule has 0 aliphatic heterocycles. The van der Waals surface area contributed by atoms with E-state index in [1.165, 1.54) is 17.3 Å². The molecule has 1 aromatic carbocycles. The second kappa shape index (κ2) is 8.58. The van der Waals surface area contributed by atoms with Crippen LogP contribution < -0.4 is 0 Å². The minimum absolute atomic E-state index is 0.0773. The summed E-state index contributed by atoms with van der Waals surface area (Å²) in [6.45, 7) is 12.1. The standard InChI is InChI=1S/C20H30O2S/c1-16(23-18(21)22-19(2,3)4)15-20(5,6)14-10-13-17-11-8-7-9-12-17/h7-9,11-12,15H,10,13-14H2,1-6H3. The van der Waals surface area contributed by atoms with Gasteiger partial charge in [0, 0.05) is 0 Å². The van der Waals surface area contributed by atoms with E-state index in [4.69, 9.17) is 4.74 Å². The number of benzene rings is 1. The minimum Gasteiger partial charge on any atom is -0.452 e. The molecular weight excluding hydrogens is 304 g/mol. The first-order chi connectivity index (χ1) is 10.6. The summed E-state index contributed by atoms with van der Waals surface area (Å²) in [6, 6.07) is 10.6. The van der Waals surface area contributed by atoms with Gasteiger partial charge in [-0.25, -0.2) is 4.79 Å². The molecule has 1 aromatic rings. The van der Waals surface area contributed by atoms with Crippen molar-refractivity contribution in [2.75, 3.05) is 0 Å². The van der Waals surface area contributed by atoms with Crippen LogP contribution in [0.4, 0.5) is 4.79 Å². The molecule has 0 spiro atoms. The smallest absolute Gasteiger partial charge is 0.372 e. The fraction of sp³-hybridized carbons (Fsp3) is 0.550. The topological polar surface area (TPSA) is 26.3 Å². The van der Waals surface area contributed by atoms with Crippen molar-refractivity contribution in [1.82, 2.24) is 0 Å². The first-order valence-electron chi connectivity index (χ1n) is 8.22. The molecule has 0 atom stereocenters. The van der Waals surface area contributed by atoms with Crippen molar-refractivity contribution < 1.29 is 9.53 Å². The van der Waals surface area contributed by atoms with Crippen molar-refractivity contribution in [3.8, 4) is 0 Å². The minimum atomic E-state index is -0.435. The molecule has 2 nitrogen and oxygen atoms in total. The van der Waals surface area contributed by atoms with Crippen LogP contribution in [0.25, 0.3) is 0 Å². The molecule has 0 saturated heterocycles. The summed E-state index contributed by atoms with van der Waals surface area (Å²) in [5, 5.41) is -0.230. The van der Waals surface area contributed by atoms with Crippen LogP contribution in [0.15, 0.2) is 41.3 Å². The number of ether oxygens (including phenoxy) is 1. The highest BCUT2D eigenvalue weighted by molar-refractivity contribution is 8.16. The Kier molecular flexibility index (Phi) is 7.40. The Balaban J connectivity index is 2.46. The summed E-state index contributed by atoms with van der Waals surface area (Å²) in [5.74, 6) is 0. The van der Waals surface area contributed by atoms with Crippen LogP contribution in [0.5, 0.6) is 0 Å². The van der Waals surface area contributed by atoms with Gasteiger partial charge >= 0.3 is 5.30 Å². The van der Waals surface area contributed by atoms with Gasteiger partial charge in [-0.3, -0.25) is 0 Å². The van der Waals surface area contributed by atoms with Gasteiger partial charge in [0.2, 0.25) is 0 Å². The van der Waals surface area contributed by atoms with Gasteiger partial charge in [0.15, 0.2) is 0 Å². The Bertz CT molecular complexity index is 524. The molecule has 0 amide bonds. The van der Waals surface area contributed by atoms with E-state index in [1.807, 2.05) is 33.8 Å². The average Bonchev–Trinajstić information content (AvgIpc) is 2.36. The van der Waals surface area contributed by atoms with E-state index in [1.54, 1.807) is 0 Å². The van der Waals surface area contributed by atoms with E-state index in [9.17, 15) is 4.79 Å². The summed E-state index contributed by atoms with van der Waals surface area (Å²) in [6.07, 6.45) is 5.51. The molecule has 0 bridgehead atoms. The molecule has 0 aliphatic rings. The molecule has 0 aliphatic carbocycles. The zero-order chi connectivity index (χ0) is 17.5. The first-order valence-corrected chi connectivity index (χ1v) is 9.03. The summed E-state index contributed by atoms with van der Waals surface area (Å²) in [7, 11) is 0. The van der Waals surface area contributed by atoms with E-state index in [-0.39, 0.29) is 10.7 Å². The quantitative estimate of drug-likeness (QED) is 0.548. The van der Waals surface area contributed by atoms with Crippen molar-refractivity contribution in [3.63, 3.8) is 0 Å². The lowest BCUT2D eigenvalue weighted by Crippen LogP contribution is -2.21. The monoisotopic (exact) mass is 334 g/mol. The van der Waals surface area contributed by atoms with Gasteiger partial charge in [0.25, 0.3) is 0 Å². The average molecular weight is 335 g/mol. The number of carbonyl (C=O) groups excluding carboxylic acids is 1. The van der Waals surface area contributed by atoms with Gasteiger partial charge in [0.05, 0.1) is 0 Å². The number of rotatable bonds is 6. The Morgan fingerprint density at radius 3 is 2.30 bits per heavy atom. The molecule has 0 fully saturated rings. The SMILES string of the molecule is CC(=CC(C)(C)CCCc1ccccc1)SC(=O)OC(C)(C)C. The van der Waals surface area contributed by atoms with Crippen LogP contribution in [-0.2, 0) is 11.2 Å². The molecule has 0 saturated carbocycles. The fourth-order valence-electron chi connectivity index (χ4n) is 2.45. The molecule has 23 heavy (non-hydrogen) atoms. The lowest BCUT2D eigenvalue weighted by atomic mass is 9.86. The largest absolute Gasteiger partial charge is 0.452 e. The Morgan fingerprint density at radius 1 is 1.13 bits per heavy atom. The van der Waals surface area contributed by atoms with Crippen molar-refractivity contribution in [3.05, 3.63) is 46.9 Å². The number of allylic oxidation sites excluding steroid dienone is 2. The molecular formula is C20H30O2S. The van der Waals surface area contributed by atoms with Crippen LogP contribution in [0.3, 0.4) is 0 Å². The van der Waals surface area contributed by atoms with Gasteiger partial charge in [0.1, 0.15) is 5.60 Å². The normalized spacial score (nSPS) is 13.0. The highest BCUT2D eigenvalue weighted by Gasteiger charge is 2.19. The van der Waals surface area contributed by atoms with E-state index < -0.39 is 5.60 Å². The fourth-order valence-corrected chi connectivity index (χ4v) is 3.38. The Hall–Kier alpha value is -1.22. The number of carbonyl (C=O) groups is 1. The number of hydrogen-bond acceptors (Lipinski definition) is 3. The van der Waals surface area contributed by atoms with Crippen molar-refractivity contribution in [1.29, 1.82) is 0 Å². The number of thioether (sulfide) groups is 1. The first kappa shape index (κ1) is 19.8. The lowest BCUT2D eigenvalue weighted by Gasteiger charge is -2.22. The molecule has 0 radical (unpaired) electrons. The maximum absolute atomic E-state index is 11.9. The highest BCUT2D eigenvalue weighted by atomic mass is 32.2. The van der Waals surface area contributed by atoms with Crippen LogP contribution in [0.2, 0.25) is 0 Å². The summed E-state index contributed by atoms with van der Waals surface area (Å²) < 4.78 is 5.35. The van der Waals surface area contributed by atoms with Gasteiger partial charge in [-0.2, -0.15) is 0 Å². The van der Waals surface area contributed by atoms with Gasteiger partial charge < -0.3 is 4.74 Å². The molecule has 0 unspecified atom stereocenters. The maximum Gasteiger partial charge on any atom is 0.372 e. The number of hydrogen-bond donors (Lipinski definition) is 0. The number of aryl methyl sites for hydroxylation is 1. The molecule has 0 N–H and O–H groups in total. The van der Waals surface area contributed by atoms with Crippen LogP contribution in [0, 0.1) is 5.41 Å². The summed E-state index contributed by atoms with van der Waals surface area (Å²) >= 11 is 1.18. The third-order valence-electron chi connectivity index (χ3n) is 3.36. The van der Waals surface area contributed by atoms with Crippen molar-refractivity contribution >= 4 is 17.1 Å². The third kappa shape index (κ3) is 9.50. The zero-order valence-corrected chi connectivity index (χ0v) is 16.1. The van der Waals surface area contributed by atoms with E-state index in [2.05, 4.69) is 44.2 Å². The second-order valence-corrected chi connectivity index (χ2v) is 8.83. The Morgan fingerprint density at radius 2 is 1.74 bits per heavy atom. The molecule has 0 aromatic heterocycles. The lowest BCUT2D eigenvalue weighted by molar-refractivity contribution is 0.0739. The van der Waals surface area contributed by atoms with Crippen molar-refractivity contribution in [2.45, 2.75) is 66.4 Å². The predicted octanol–water partition coefficient (Wildman–Crippen LogP) is 6.61. The van der Waals surface area contributed by atoms with Gasteiger partial charge in [-0.1, -0.05) is 50.3 Å². The van der Waals surface area contributed by atoms with E-state index >= 15 is 0 Å². The van der Waals surface area contributed by atoms with Crippen LogP contribution >= 0.6 is 11.8 Å². The molecule has 3 heteroatoms. The van der Waals surface area contributed by atoms with Crippen molar-refractivity contribution in [2.24, 2.45) is 5.41 Å². The molecule has 1 rings (SSSR count). The molecule has 128 valence electrons. The Labute approximate surface area is 145 Å². The highest BCUT2D eigenvalue weighted by Crippen LogP contribution is 2.31. The second-order valence-electron chi connectivity index (χ2n) is 7.65. The zero-order valence-electron chi connectivity index (χ0n) is 15.3. The van der Waals surface area contributed by atoms with Crippen LogP contribution in [0.1, 0.15) is 59.9 Å². The van der Waals surface area contributed by atoms with E-state index in [0.29, 0.717) is 0 Å². The maximum atomic E-state index is 11.9. The van der Waals surface area contributed by atoms with E-state index in [0.717, 1.165) is 24.2 Å².